The second-order valence-corrected chi connectivity index (χ2v) is 5.33. The first-order chi connectivity index (χ1) is 8.61. The molecule has 1 saturated heterocycles. The van der Waals surface area contributed by atoms with Crippen molar-refractivity contribution < 1.29 is 9.59 Å². The molecule has 1 aliphatic rings. The number of benzene rings is 1. The standard InChI is InChI=1S/C13H15BrN2O2/c1-15-5-2-6-16(8-13(15)18)12-4-3-11(14)7-10(12)9-17/h3-4,7,9H,2,5-6,8H2,1H3. The highest BCUT2D eigenvalue weighted by molar-refractivity contribution is 9.10. The van der Waals surface area contributed by atoms with E-state index in [2.05, 4.69) is 15.9 Å². The fraction of sp³-hybridized carbons (Fsp3) is 0.385. The minimum atomic E-state index is 0.0901. The Morgan fingerprint density at radius 1 is 1.33 bits per heavy atom. The molecular weight excluding hydrogens is 296 g/mol. The van der Waals surface area contributed by atoms with Gasteiger partial charge in [0.2, 0.25) is 5.91 Å². The van der Waals surface area contributed by atoms with Crippen molar-refractivity contribution in [2.75, 3.05) is 31.6 Å². The highest BCUT2D eigenvalue weighted by Crippen LogP contribution is 2.24. The number of anilines is 1. The van der Waals surface area contributed by atoms with Gasteiger partial charge in [-0.2, -0.15) is 0 Å². The molecule has 2 rings (SSSR count). The van der Waals surface area contributed by atoms with Crippen molar-refractivity contribution in [3.05, 3.63) is 28.2 Å². The second-order valence-electron chi connectivity index (χ2n) is 4.41. The Labute approximate surface area is 115 Å². The first-order valence-electron chi connectivity index (χ1n) is 5.85. The van der Waals surface area contributed by atoms with E-state index in [1.54, 1.807) is 11.0 Å². The molecule has 1 aromatic rings. The van der Waals surface area contributed by atoms with E-state index in [9.17, 15) is 9.59 Å². The molecule has 1 fully saturated rings. The first kappa shape index (κ1) is 13.1. The lowest BCUT2D eigenvalue weighted by Crippen LogP contribution is -2.34. The van der Waals surface area contributed by atoms with Gasteiger partial charge in [-0.3, -0.25) is 9.59 Å². The van der Waals surface area contributed by atoms with E-state index in [0.29, 0.717) is 12.1 Å². The van der Waals surface area contributed by atoms with E-state index >= 15 is 0 Å². The third-order valence-corrected chi connectivity index (χ3v) is 3.62. The van der Waals surface area contributed by atoms with Crippen molar-refractivity contribution in [1.82, 2.24) is 4.90 Å². The average molecular weight is 311 g/mol. The molecule has 1 amide bonds. The summed E-state index contributed by atoms with van der Waals surface area (Å²) >= 11 is 3.35. The maximum absolute atomic E-state index is 11.9. The van der Waals surface area contributed by atoms with Gasteiger partial charge in [-0.15, -0.1) is 0 Å². The van der Waals surface area contributed by atoms with Crippen LogP contribution < -0.4 is 4.90 Å². The summed E-state index contributed by atoms with van der Waals surface area (Å²) < 4.78 is 0.867. The van der Waals surface area contributed by atoms with Crippen LogP contribution >= 0.6 is 15.9 Å². The zero-order valence-corrected chi connectivity index (χ0v) is 11.8. The van der Waals surface area contributed by atoms with Crippen molar-refractivity contribution in [3.8, 4) is 0 Å². The Morgan fingerprint density at radius 2 is 2.11 bits per heavy atom. The van der Waals surface area contributed by atoms with Crippen LogP contribution in [-0.4, -0.2) is 43.8 Å². The molecule has 18 heavy (non-hydrogen) atoms. The molecule has 1 heterocycles. The molecule has 1 aliphatic heterocycles. The topological polar surface area (TPSA) is 40.6 Å². The molecule has 0 aromatic heterocycles. The quantitative estimate of drug-likeness (QED) is 0.784. The molecule has 0 aliphatic carbocycles. The Balaban J connectivity index is 2.30. The molecule has 1 aromatic carbocycles. The minimum Gasteiger partial charge on any atom is -0.362 e. The largest absolute Gasteiger partial charge is 0.362 e. The van der Waals surface area contributed by atoms with Gasteiger partial charge in [-0.1, -0.05) is 15.9 Å². The summed E-state index contributed by atoms with van der Waals surface area (Å²) in [5.74, 6) is 0.0901. The van der Waals surface area contributed by atoms with E-state index in [4.69, 9.17) is 0 Å². The lowest BCUT2D eigenvalue weighted by Gasteiger charge is -2.23. The monoisotopic (exact) mass is 310 g/mol. The van der Waals surface area contributed by atoms with Crippen LogP contribution in [0, 0.1) is 0 Å². The highest BCUT2D eigenvalue weighted by atomic mass is 79.9. The fourth-order valence-corrected chi connectivity index (χ4v) is 2.48. The number of amides is 1. The molecular formula is C13H15BrN2O2. The molecule has 0 unspecified atom stereocenters. The fourth-order valence-electron chi connectivity index (χ4n) is 2.10. The van der Waals surface area contributed by atoms with Crippen molar-refractivity contribution in [2.24, 2.45) is 0 Å². The summed E-state index contributed by atoms with van der Waals surface area (Å²) in [6.45, 7) is 1.89. The summed E-state index contributed by atoms with van der Waals surface area (Å²) in [6, 6.07) is 5.55. The summed E-state index contributed by atoms with van der Waals surface area (Å²) in [6.07, 6.45) is 1.75. The van der Waals surface area contributed by atoms with Crippen LogP contribution in [0.4, 0.5) is 5.69 Å². The number of hydrogen-bond acceptors (Lipinski definition) is 3. The maximum Gasteiger partial charge on any atom is 0.241 e. The number of rotatable bonds is 2. The van der Waals surface area contributed by atoms with Gasteiger partial charge in [0.15, 0.2) is 6.29 Å². The number of carbonyl (C=O) groups is 2. The van der Waals surface area contributed by atoms with E-state index in [1.807, 2.05) is 24.1 Å². The summed E-state index contributed by atoms with van der Waals surface area (Å²) in [7, 11) is 1.81. The van der Waals surface area contributed by atoms with Crippen LogP contribution in [0.3, 0.4) is 0 Å². The number of carbonyl (C=O) groups excluding carboxylic acids is 2. The number of likely N-dealkylation sites (N-methyl/N-ethyl adjacent to an activating group) is 1. The summed E-state index contributed by atoms with van der Waals surface area (Å²) in [5, 5.41) is 0. The van der Waals surface area contributed by atoms with Gasteiger partial charge in [0, 0.05) is 35.9 Å². The highest BCUT2D eigenvalue weighted by Gasteiger charge is 2.20. The van der Waals surface area contributed by atoms with Crippen LogP contribution in [-0.2, 0) is 4.79 Å². The Hall–Kier alpha value is -1.36. The molecule has 0 N–H and O–H groups in total. The van der Waals surface area contributed by atoms with E-state index in [1.165, 1.54) is 0 Å². The second kappa shape index (κ2) is 5.52. The predicted octanol–water partition coefficient (Wildman–Crippen LogP) is 1.93. The van der Waals surface area contributed by atoms with Crippen LogP contribution in [0.2, 0.25) is 0 Å². The zero-order chi connectivity index (χ0) is 13.1. The lowest BCUT2D eigenvalue weighted by molar-refractivity contribution is -0.127. The summed E-state index contributed by atoms with van der Waals surface area (Å²) in [4.78, 5) is 26.7. The van der Waals surface area contributed by atoms with Crippen LogP contribution in [0.5, 0.6) is 0 Å². The Morgan fingerprint density at radius 3 is 2.83 bits per heavy atom. The van der Waals surface area contributed by atoms with Crippen molar-refractivity contribution in [3.63, 3.8) is 0 Å². The van der Waals surface area contributed by atoms with Gasteiger partial charge >= 0.3 is 0 Å². The Kier molecular flexibility index (Phi) is 4.01. The third-order valence-electron chi connectivity index (χ3n) is 3.13. The predicted molar refractivity (Wildman–Crippen MR) is 74.0 cm³/mol. The molecule has 4 nitrogen and oxygen atoms in total. The van der Waals surface area contributed by atoms with E-state index < -0.39 is 0 Å². The number of hydrogen-bond donors (Lipinski definition) is 0. The smallest absolute Gasteiger partial charge is 0.241 e. The van der Waals surface area contributed by atoms with Gasteiger partial charge in [0.25, 0.3) is 0 Å². The molecule has 0 bridgehead atoms. The van der Waals surface area contributed by atoms with Crippen molar-refractivity contribution in [2.45, 2.75) is 6.42 Å². The van der Waals surface area contributed by atoms with Gasteiger partial charge in [-0.05, 0) is 24.6 Å². The summed E-state index contributed by atoms with van der Waals surface area (Å²) in [5.41, 5.74) is 1.44. The van der Waals surface area contributed by atoms with Gasteiger partial charge in [-0.25, -0.2) is 0 Å². The van der Waals surface area contributed by atoms with Gasteiger partial charge < -0.3 is 9.80 Å². The number of halogens is 1. The van der Waals surface area contributed by atoms with Crippen molar-refractivity contribution >= 4 is 33.8 Å². The van der Waals surface area contributed by atoms with E-state index in [0.717, 1.165) is 36.0 Å². The first-order valence-corrected chi connectivity index (χ1v) is 6.65. The molecule has 0 radical (unpaired) electrons. The molecule has 0 saturated carbocycles. The van der Waals surface area contributed by atoms with Crippen LogP contribution in [0.1, 0.15) is 16.8 Å². The minimum absolute atomic E-state index is 0.0901. The number of aldehydes is 1. The maximum atomic E-state index is 11.9. The van der Waals surface area contributed by atoms with Gasteiger partial charge in [0.05, 0.1) is 6.54 Å². The zero-order valence-electron chi connectivity index (χ0n) is 10.2. The van der Waals surface area contributed by atoms with E-state index in [-0.39, 0.29) is 5.91 Å². The van der Waals surface area contributed by atoms with Crippen molar-refractivity contribution in [1.29, 1.82) is 0 Å². The lowest BCUT2D eigenvalue weighted by atomic mass is 10.1. The van der Waals surface area contributed by atoms with Crippen LogP contribution in [0.25, 0.3) is 0 Å². The molecule has 5 heteroatoms. The molecule has 96 valence electrons. The Bertz CT molecular complexity index is 476. The third kappa shape index (κ3) is 2.72. The van der Waals surface area contributed by atoms with Gasteiger partial charge in [0.1, 0.15) is 0 Å². The normalized spacial score (nSPS) is 16.7. The molecule has 0 spiro atoms. The van der Waals surface area contributed by atoms with Crippen LogP contribution in [0.15, 0.2) is 22.7 Å². The molecule has 0 atom stereocenters. The number of nitrogens with zero attached hydrogens (tertiary/aromatic N) is 2. The average Bonchev–Trinajstić information content (AvgIpc) is 2.52. The SMILES string of the molecule is CN1CCCN(c2ccc(Br)cc2C=O)CC1=O.